The van der Waals surface area contributed by atoms with Gasteiger partial charge in [-0.15, -0.1) is 16.7 Å². The molecule has 0 fully saturated rings. The zero-order chi connectivity index (χ0) is 69.7. The van der Waals surface area contributed by atoms with Crippen LogP contribution in [0.1, 0.15) is 123 Å². The lowest BCUT2D eigenvalue weighted by molar-refractivity contribution is -0.136. The van der Waals surface area contributed by atoms with Gasteiger partial charge in [0, 0.05) is 61.7 Å². The minimum absolute atomic E-state index is 0.0599. The molecule has 9 atom stereocenters. The molecule has 4 aromatic rings. The van der Waals surface area contributed by atoms with Crippen LogP contribution < -0.4 is 63.9 Å². The second-order valence-corrected chi connectivity index (χ2v) is 24.1. The van der Waals surface area contributed by atoms with Crippen molar-refractivity contribution in [3.63, 3.8) is 0 Å². The number of methoxy groups -OCH3 is 2. The van der Waals surface area contributed by atoms with Crippen LogP contribution in [0.4, 0.5) is 0 Å². The van der Waals surface area contributed by atoms with Crippen LogP contribution in [0.25, 0.3) is 10.8 Å². The van der Waals surface area contributed by atoms with Gasteiger partial charge >= 0.3 is 0 Å². The van der Waals surface area contributed by atoms with Gasteiger partial charge in [0.05, 0.1) is 30.8 Å². The van der Waals surface area contributed by atoms with Crippen LogP contribution in [0.15, 0.2) is 96.3 Å². The van der Waals surface area contributed by atoms with Crippen LogP contribution in [0.5, 0.6) is 11.5 Å². The van der Waals surface area contributed by atoms with E-state index in [2.05, 4.69) is 31.9 Å². The molecule has 0 radical (unpaired) electrons. The van der Waals surface area contributed by atoms with Gasteiger partial charge in [-0.3, -0.25) is 63.2 Å². The molecule has 4 rings (SSSR count). The number of nitrogens with two attached hydrogens (primary N) is 2. The van der Waals surface area contributed by atoms with Crippen molar-refractivity contribution >= 4 is 87.4 Å². The first-order valence-corrected chi connectivity index (χ1v) is 31.6. The number of Topliss-reactive ketones (excluding diaryl/α,β-unsaturated/α-hetero) is 1. The molecular formula is C65H93N11O16S. The van der Waals surface area contributed by atoms with E-state index in [1.807, 2.05) is 100 Å². The third-order valence-corrected chi connectivity index (χ3v) is 16.0. The largest absolute Gasteiger partial charge is 0.493 e. The first-order valence-electron chi connectivity index (χ1n) is 30.6. The summed E-state index contributed by atoms with van der Waals surface area (Å²) in [5, 5.41) is 35.2. The van der Waals surface area contributed by atoms with Gasteiger partial charge in [-0.05, 0) is 98.9 Å². The molecule has 510 valence electrons. The second-order valence-electron chi connectivity index (χ2n) is 22.8. The van der Waals surface area contributed by atoms with Crippen LogP contribution in [-0.2, 0) is 72.0 Å². The van der Waals surface area contributed by atoms with Crippen molar-refractivity contribution in [1.29, 1.82) is 0 Å². The van der Waals surface area contributed by atoms with Crippen molar-refractivity contribution in [2.45, 2.75) is 161 Å². The number of thioether (sulfide) groups is 1. The summed E-state index contributed by atoms with van der Waals surface area (Å²) in [6.07, 6.45) is 2.98. The molecule has 0 saturated heterocycles. The highest BCUT2D eigenvalue weighted by Crippen LogP contribution is 2.28. The fourth-order valence-corrected chi connectivity index (χ4v) is 10.3. The number of amides is 10. The Labute approximate surface area is 546 Å². The molecule has 0 aliphatic heterocycles. The summed E-state index contributed by atoms with van der Waals surface area (Å²) >= 11 is 1.39. The van der Waals surface area contributed by atoms with E-state index in [1.54, 1.807) is 48.4 Å². The lowest BCUT2D eigenvalue weighted by atomic mass is 9.92. The molecule has 14 N–H and O–H groups in total. The highest BCUT2D eigenvalue weighted by atomic mass is 32.2. The second kappa shape index (κ2) is 42.9. The molecule has 0 aromatic heterocycles. The minimum atomic E-state index is -1.08. The fourth-order valence-electron chi connectivity index (χ4n) is 9.42. The van der Waals surface area contributed by atoms with Crippen LogP contribution in [0.2, 0.25) is 0 Å². The van der Waals surface area contributed by atoms with Gasteiger partial charge in [0.1, 0.15) is 18.1 Å². The summed E-state index contributed by atoms with van der Waals surface area (Å²) in [5.74, 6) is -6.06. The predicted octanol–water partition coefficient (Wildman–Crippen LogP) is 4.48. The molecule has 4 aromatic carbocycles. The number of primary amides is 2. The number of ketones is 1. The van der Waals surface area contributed by atoms with E-state index in [9.17, 15) is 57.6 Å². The molecule has 27 nitrogen and oxygen atoms in total. The number of carbonyl (C=O) groups excluding carboxylic acids is 11. The zero-order valence-electron chi connectivity index (χ0n) is 54.5. The van der Waals surface area contributed by atoms with E-state index in [0.717, 1.165) is 28.3 Å². The maximum atomic E-state index is 13.0. The van der Waals surface area contributed by atoms with Crippen molar-refractivity contribution in [2.24, 2.45) is 40.4 Å². The number of nitroso groups, excluding NO2 is 1. The van der Waals surface area contributed by atoms with E-state index in [-0.39, 0.29) is 61.0 Å². The third kappa shape index (κ3) is 30.3. The molecule has 10 amide bonds. The lowest BCUT2D eigenvalue weighted by Crippen LogP contribution is -2.53. The highest BCUT2D eigenvalue weighted by Gasteiger charge is 2.32. The Balaban J connectivity index is 0.000000478. The quantitative estimate of drug-likeness (QED) is 0.0168. The number of fused-ring (bicyclic) bond motifs is 1. The molecule has 0 saturated carbocycles. The number of benzene rings is 4. The summed E-state index contributed by atoms with van der Waals surface area (Å²) in [6, 6.07) is 24.5. The third-order valence-electron chi connectivity index (χ3n) is 14.6. The number of hydrogen-bond acceptors (Lipinski definition) is 18. The molecule has 0 spiro atoms. The lowest BCUT2D eigenvalue weighted by Gasteiger charge is -2.24. The number of carbonyl (C=O) groups is 11. The molecule has 93 heavy (non-hydrogen) atoms. The summed E-state index contributed by atoms with van der Waals surface area (Å²) in [7, 11) is 2.96. The molecule has 0 aliphatic carbocycles. The van der Waals surface area contributed by atoms with E-state index >= 15 is 0 Å². The Morgan fingerprint density at radius 2 is 1.01 bits per heavy atom. The number of rotatable bonds is 37. The average Bonchev–Trinajstić information content (AvgIpc) is 1.14. The summed E-state index contributed by atoms with van der Waals surface area (Å²) < 4.78 is 10.5. The van der Waals surface area contributed by atoms with Gasteiger partial charge < -0.3 is 47.5 Å². The maximum absolute atomic E-state index is 13.0. The summed E-state index contributed by atoms with van der Waals surface area (Å²) in [6.45, 7) is 13.7. The fraction of sp³-hybridized carbons (Fsp3) is 0.492. The van der Waals surface area contributed by atoms with Gasteiger partial charge in [-0.25, -0.2) is 16.4 Å². The number of ether oxygens (including phenoxy) is 2. The summed E-state index contributed by atoms with van der Waals surface area (Å²) in [5.41, 5.74) is 18.0. The number of nitrogens with zero attached hydrogens (tertiary/aromatic N) is 1. The first-order chi connectivity index (χ1) is 44.1. The average molecular weight is 1320 g/mol. The molecular weight excluding hydrogens is 1220 g/mol. The van der Waals surface area contributed by atoms with E-state index in [1.165, 1.54) is 39.8 Å². The van der Waals surface area contributed by atoms with Crippen LogP contribution in [-0.4, -0.2) is 131 Å². The van der Waals surface area contributed by atoms with Crippen molar-refractivity contribution in [2.75, 3.05) is 20.0 Å². The van der Waals surface area contributed by atoms with Crippen LogP contribution >= 0.6 is 11.8 Å². The Hall–Kier alpha value is -9.02. The Morgan fingerprint density at radius 3 is 1.51 bits per heavy atom. The molecule has 0 bridgehead atoms. The number of hydrogen-bond donors (Lipinski definition) is 12. The Morgan fingerprint density at radius 1 is 0.527 bits per heavy atom. The van der Waals surface area contributed by atoms with E-state index in [0.29, 0.717) is 54.9 Å². The first kappa shape index (κ1) is 80.1. The Kier molecular flexibility index (Phi) is 37.0. The van der Waals surface area contributed by atoms with E-state index in [4.69, 9.17) is 31.4 Å². The number of hydroxylamine groups is 2. The van der Waals surface area contributed by atoms with Gasteiger partial charge in [0.2, 0.25) is 59.1 Å². The molecule has 0 aliphatic rings. The molecule has 28 heteroatoms. The van der Waals surface area contributed by atoms with Gasteiger partial charge in [-0.2, -0.15) is 0 Å². The standard InChI is InChI=1S/C25H33N3O5.C21H31N5O7.C19H29N3O4S/c1-15(2)11-21(14-23(30)28-33)24(31)27-22(25(32)26-16(3)17(4)29)13-18-9-10-19-7-5-6-8-20(19)12-18;1-5-6-14(11-18(27)25-26-31)20(29)24-15(21(30)23-12(2)19(22)28)9-13-7-8-16(32-3)17(10-13)33-4;1-3-7-15(11-17(23)22-26)19(25)21-16(12-27-13(2)18(20)24)10-14-8-5-4-6-9-14/h5-10,12,15-16,21-22,33H,11,13-14H2,1-4H3,(H,26,32)(H,27,31)(H,28,30);7-8,10,12,14-15H,5-6,9,11H2,1-4H3,(H2,22,28)(H,23,30)(H,24,29)(H,25,27,31);4-6,8-9,13,15-16,26H,3,7,10-12H2,1-2H3,(H2,20,24)(H,21,25)(H,22,23)/t16-,21?,22-;;/m0../s1. The van der Waals surface area contributed by atoms with Crippen molar-refractivity contribution in [3.05, 3.63) is 113 Å². The van der Waals surface area contributed by atoms with Crippen molar-refractivity contribution in [1.82, 2.24) is 43.0 Å². The highest BCUT2D eigenvalue weighted by molar-refractivity contribution is 8.00. The topological polar surface area (TPSA) is 424 Å². The molecule has 7 unspecified atom stereocenters. The molecule has 0 heterocycles. The SMILES string of the molecule is CC(=O)[C@H](C)NC(=O)[C@H](Cc1ccc2ccccc2c1)NC(=O)C(CC(=O)NO)CC(C)C.CCCC(CC(=O)NN=O)C(=O)NC(Cc1ccc(OC)c(OC)c1)C(=O)NC(C)C(N)=O.CCCC(CC(=O)NO)C(=O)NC(CSC(C)C(N)=O)Cc1ccccc1. The van der Waals surface area contributed by atoms with Gasteiger partial charge in [0.15, 0.2) is 17.3 Å². The summed E-state index contributed by atoms with van der Waals surface area (Å²) in [4.78, 5) is 144. The van der Waals surface area contributed by atoms with Crippen LogP contribution in [0.3, 0.4) is 0 Å². The van der Waals surface area contributed by atoms with Crippen molar-refractivity contribution < 1.29 is 72.6 Å². The zero-order valence-corrected chi connectivity index (χ0v) is 55.4. The minimum Gasteiger partial charge on any atom is -0.493 e. The van der Waals surface area contributed by atoms with E-state index < -0.39 is 95.1 Å². The predicted molar refractivity (Wildman–Crippen MR) is 350 cm³/mol. The van der Waals surface area contributed by atoms with Gasteiger partial charge in [0.25, 0.3) is 0 Å². The maximum Gasteiger partial charge on any atom is 0.244 e. The van der Waals surface area contributed by atoms with Gasteiger partial charge in [-0.1, -0.05) is 119 Å². The monoisotopic (exact) mass is 1320 g/mol. The Bertz CT molecular complexity index is 3120. The van der Waals surface area contributed by atoms with Crippen molar-refractivity contribution in [3.8, 4) is 11.5 Å². The normalized spacial score (nSPS) is 13.6. The smallest absolute Gasteiger partial charge is 0.244 e. The number of nitrogens with one attached hydrogen (secondary N) is 8. The van der Waals surface area contributed by atoms with Crippen LogP contribution in [0, 0.1) is 28.6 Å².